The predicted molar refractivity (Wildman–Crippen MR) is 105 cm³/mol. The highest BCUT2D eigenvalue weighted by Gasteiger charge is 2.46. The maximum Gasteiger partial charge on any atom is 0.265 e. The van der Waals surface area contributed by atoms with Crippen LogP contribution in [0.15, 0.2) is 48.5 Å². The number of carbonyl (C=O) groups excluding carboxylic acids is 2. The van der Waals surface area contributed by atoms with Gasteiger partial charge in [0.25, 0.3) is 5.91 Å². The Morgan fingerprint density at radius 3 is 2.72 bits per heavy atom. The Bertz CT molecular complexity index is 951. The van der Waals surface area contributed by atoms with Gasteiger partial charge >= 0.3 is 0 Å². The van der Waals surface area contributed by atoms with E-state index in [2.05, 4.69) is 6.07 Å². The van der Waals surface area contributed by atoms with Crippen LogP contribution in [0.25, 0.3) is 0 Å². The van der Waals surface area contributed by atoms with Crippen LogP contribution < -0.4 is 10.2 Å². The second kappa shape index (κ2) is 8.33. The first-order chi connectivity index (χ1) is 13.9. The zero-order valence-corrected chi connectivity index (χ0v) is 16.4. The van der Waals surface area contributed by atoms with E-state index in [-0.39, 0.29) is 5.91 Å². The van der Waals surface area contributed by atoms with E-state index in [4.69, 9.17) is 15.2 Å². The third-order valence-corrected chi connectivity index (χ3v) is 5.50. The maximum absolute atomic E-state index is 13.0. The molecule has 1 fully saturated rings. The van der Waals surface area contributed by atoms with E-state index in [9.17, 15) is 9.59 Å². The Labute approximate surface area is 169 Å². The van der Waals surface area contributed by atoms with Crippen LogP contribution in [0, 0.1) is 11.3 Å². The largest absolute Gasteiger partial charge is 0.489 e. The van der Waals surface area contributed by atoms with Gasteiger partial charge in [-0.1, -0.05) is 24.3 Å². The zero-order valence-electron chi connectivity index (χ0n) is 16.4. The number of likely N-dealkylation sites (tertiary alicyclic amines) is 1. The lowest BCUT2D eigenvalue weighted by molar-refractivity contribution is -0.143. The minimum atomic E-state index is -0.735. The molecule has 0 radical (unpaired) electrons. The van der Waals surface area contributed by atoms with Gasteiger partial charge in [0.15, 0.2) is 0 Å². The van der Waals surface area contributed by atoms with Crippen molar-refractivity contribution in [3.63, 3.8) is 0 Å². The quantitative estimate of drug-likeness (QED) is 0.580. The second-order valence-corrected chi connectivity index (χ2v) is 7.36. The summed E-state index contributed by atoms with van der Waals surface area (Å²) >= 11 is 0. The topological polar surface area (TPSA) is 103 Å². The Balaban J connectivity index is 1.68. The molecular formula is C22H23N3O4. The van der Waals surface area contributed by atoms with E-state index >= 15 is 0 Å². The molecule has 150 valence electrons. The third-order valence-electron chi connectivity index (χ3n) is 5.50. The molecular weight excluding hydrogens is 370 g/mol. The minimum absolute atomic E-state index is 0.143. The molecule has 0 bridgehead atoms. The molecule has 2 atom stereocenters. The Morgan fingerprint density at radius 1 is 1.34 bits per heavy atom. The van der Waals surface area contributed by atoms with Gasteiger partial charge < -0.3 is 9.64 Å². The summed E-state index contributed by atoms with van der Waals surface area (Å²) in [6.07, 6.45) is 0.579. The van der Waals surface area contributed by atoms with Gasteiger partial charge in [-0.05, 0) is 55.7 Å². The van der Waals surface area contributed by atoms with Gasteiger partial charge in [-0.3, -0.25) is 14.8 Å². The molecule has 29 heavy (non-hydrogen) atoms. The molecule has 3 rings (SSSR count). The standard InChI is InChI=1S/C22H23N3O4/c1-15(20(26)24-28)25-11-10-22(2,21(25)27)18-6-8-19(9-7-18)29-14-17-5-3-4-16(12-17)13-23/h3-9,12,15,28H,10-11,14H2,1-2H3,(H,24,26). The van der Waals surface area contributed by atoms with Crippen LogP contribution in [-0.4, -0.2) is 34.5 Å². The number of hydrogen-bond donors (Lipinski definition) is 2. The normalized spacial score (nSPS) is 19.5. The number of nitrogens with zero attached hydrogens (tertiary/aromatic N) is 2. The number of hydrogen-bond acceptors (Lipinski definition) is 5. The molecule has 0 aliphatic carbocycles. The number of rotatable bonds is 6. The van der Waals surface area contributed by atoms with Crippen molar-refractivity contribution in [2.45, 2.75) is 38.3 Å². The smallest absolute Gasteiger partial charge is 0.265 e. The summed E-state index contributed by atoms with van der Waals surface area (Å²) in [7, 11) is 0. The Kier molecular flexibility index (Phi) is 5.85. The van der Waals surface area contributed by atoms with E-state index in [1.54, 1.807) is 24.5 Å². The SMILES string of the molecule is CC(C(=O)NO)N1CCC(C)(c2ccc(OCc3cccc(C#N)c3)cc2)C1=O. The molecule has 2 amide bonds. The first-order valence-corrected chi connectivity index (χ1v) is 9.36. The van der Waals surface area contributed by atoms with Crippen LogP contribution in [0.1, 0.15) is 37.0 Å². The van der Waals surface area contributed by atoms with Crippen molar-refractivity contribution in [1.82, 2.24) is 10.4 Å². The van der Waals surface area contributed by atoms with E-state index < -0.39 is 17.4 Å². The molecule has 0 saturated carbocycles. The van der Waals surface area contributed by atoms with Gasteiger partial charge in [-0.25, -0.2) is 5.48 Å². The van der Waals surface area contributed by atoms with Gasteiger partial charge in [-0.15, -0.1) is 0 Å². The van der Waals surface area contributed by atoms with Crippen LogP contribution in [0.3, 0.4) is 0 Å². The summed E-state index contributed by atoms with van der Waals surface area (Å²) in [5.41, 5.74) is 3.21. The van der Waals surface area contributed by atoms with Crippen molar-refractivity contribution < 1.29 is 19.5 Å². The van der Waals surface area contributed by atoms with Gasteiger partial charge in [0.05, 0.1) is 17.0 Å². The van der Waals surface area contributed by atoms with Crippen LogP contribution >= 0.6 is 0 Å². The van der Waals surface area contributed by atoms with Gasteiger partial charge in [0.2, 0.25) is 5.91 Å². The average molecular weight is 393 g/mol. The first-order valence-electron chi connectivity index (χ1n) is 9.36. The molecule has 1 heterocycles. The molecule has 1 aliphatic rings. The summed E-state index contributed by atoms with van der Waals surface area (Å²) in [6.45, 7) is 4.24. The van der Waals surface area contributed by atoms with Crippen LogP contribution in [0.2, 0.25) is 0 Å². The van der Waals surface area contributed by atoms with Gasteiger partial charge in [0, 0.05) is 6.54 Å². The van der Waals surface area contributed by atoms with Crippen molar-refractivity contribution in [2.75, 3.05) is 6.54 Å². The number of nitrogens with one attached hydrogen (secondary N) is 1. The maximum atomic E-state index is 13.0. The van der Waals surface area contributed by atoms with E-state index in [0.29, 0.717) is 30.9 Å². The number of carbonyl (C=O) groups is 2. The first kappa shape index (κ1) is 20.4. The number of benzene rings is 2. The Morgan fingerprint density at radius 2 is 2.07 bits per heavy atom. The summed E-state index contributed by atoms with van der Waals surface area (Å²) in [5.74, 6) is -0.0857. The third kappa shape index (κ3) is 4.08. The van der Waals surface area contributed by atoms with E-state index in [1.807, 2.05) is 43.3 Å². The molecule has 2 unspecified atom stereocenters. The van der Waals surface area contributed by atoms with Crippen molar-refractivity contribution >= 4 is 11.8 Å². The van der Waals surface area contributed by atoms with Crippen LogP contribution in [0.5, 0.6) is 5.75 Å². The van der Waals surface area contributed by atoms with Crippen molar-refractivity contribution in [3.8, 4) is 11.8 Å². The summed E-state index contributed by atoms with van der Waals surface area (Å²) in [6, 6.07) is 16.0. The number of amides is 2. The lowest BCUT2D eigenvalue weighted by atomic mass is 9.81. The highest BCUT2D eigenvalue weighted by Crippen LogP contribution is 2.37. The molecule has 2 aromatic rings. The van der Waals surface area contributed by atoms with Gasteiger partial charge in [0.1, 0.15) is 18.4 Å². The van der Waals surface area contributed by atoms with E-state index in [0.717, 1.165) is 11.1 Å². The fraction of sp³-hybridized carbons (Fsp3) is 0.318. The average Bonchev–Trinajstić information content (AvgIpc) is 3.07. The zero-order chi connectivity index (χ0) is 21.0. The number of hydroxylamine groups is 1. The van der Waals surface area contributed by atoms with Crippen molar-refractivity contribution in [3.05, 3.63) is 65.2 Å². The molecule has 1 aliphatic heterocycles. The second-order valence-electron chi connectivity index (χ2n) is 7.36. The Hall–Kier alpha value is -3.37. The molecule has 0 spiro atoms. The van der Waals surface area contributed by atoms with E-state index in [1.165, 1.54) is 4.90 Å². The lowest BCUT2D eigenvalue weighted by Crippen LogP contribution is -2.47. The van der Waals surface area contributed by atoms with Crippen LogP contribution in [-0.2, 0) is 21.6 Å². The van der Waals surface area contributed by atoms with Crippen molar-refractivity contribution in [1.29, 1.82) is 5.26 Å². The van der Waals surface area contributed by atoms with Crippen LogP contribution in [0.4, 0.5) is 0 Å². The molecule has 1 saturated heterocycles. The summed E-state index contributed by atoms with van der Waals surface area (Å²) in [4.78, 5) is 26.1. The monoisotopic (exact) mass is 393 g/mol. The lowest BCUT2D eigenvalue weighted by Gasteiger charge is -2.27. The van der Waals surface area contributed by atoms with Gasteiger partial charge in [-0.2, -0.15) is 5.26 Å². The fourth-order valence-corrected chi connectivity index (χ4v) is 3.56. The molecule has 2 N–H and O–H groups in total. The molecule has 7 nitrogen and oxygen atoms in total. The summed E-state index contributed by atoms with van der Waals surface area (Å²) in [5, 5.41) is 17.8. The predicted octanol–water partition coefficient (Wildman–Crippen LogP) is 2.52. The minimum Gasteiger partial charge on any atom is -0.489 e. The molecule has 0 aromatic heterocycles. The highest BCUT2D eigenvalue weighted by molar-refractivity contribution is 5.94. The highest BCUT2D eigenvalue weighted by atomic mass is 16.5. The fourth-order valence-electron chi connectivity index (χ4n) is 3.56. The number of ether oxygens (including phenoxy) is 1. The molecule has 2 aromatic carbocycles. The number of nitriles is 1. The van der Waals surface area contributed by atoms with Crippen molar-refractivity contribution in [2.24, 2.45) is 0 Å². The molecule has 7 heteroatoms. The summed E-state index contributed by atoms with van der Waals surface area (Å²) < 4.78 is 5.79.